The van der Waals surface area contributed by atoms with Crippen molar-refractivity contribution in [3.05, 3.63) is 35.9 Å². The van der Waals surface area contributed by atoms with Gasteiger partial charge in [-0.15, -0.1) is 0 Å². The largest absolute Gasteiger partial charge is 0.313 e. The Hall–Kier alpha value is -0.860. The van der Waals surface area contributed by atoms with Crippen molar-refractivity contribution in [2.45, 2.75) is 64.5 Å². The zero-order valence-electron chi connectivity index (χ0n) is 14.0. The van der Waals surface area contributed by atoms with E-state index in [4.69, 9.17) is 0 Å². The van der Waals surface area contributed by atoms with E-state index in [1.54, 1.807) is 0 Å². The van der Waals surface area contributed by atoms with Gasteiger partial charge in [-0.3, -0.25) is 4.90 Å². The molecule has 2 rings (SSSR count). The van der Waals surface area contributed by atoms with Crippen molar-refractivity contribution < 1.29 is 0 Å². The van der Waals surface area contributed by atoms with E-state index in [9.17, 15) is 0 Å². The zero-order chi connectivity index (χ0) is 15.1. The maximum absolute atomic E-state index is 3.74. The molecule has 3 atom stereocenters. The summed E-state index contributed by atoms with van der Waals surface area (Å²) in [4.78, 5) is 2.70. The summed E-state index contributed by atoms with van der Waals surface area (Å²) in [6.07, 6.45) is 5.18. The molecule has 0 saturated heterocycles. The van der Waals surface area contributed by atoms with Crippen molar-refractivity contribution in [3.8, 4) is 0 Å². The SMILES string of the molecule is CCCN(CC)C1CC(c2ccccc2)CCC1NCC. The maximum atomic E-state index is 3.74. The van der Waals surface area contributed by atoms with Crippen molar-refractivity contribution in [1.29, 1.82) is 0 Å². The molecule has 0 aromatic heterocycles. The summed E-state index contributed by atoms with van der Waals surface area (Å²) in [5.74, 6) is 0.733. The van der Waals surface area contributed by atoms with Crippen LogP contribution >= 0.6 is 0 Å². The summed E-state index contributed by atoms with van der Waals surface area (Å²) >= 11 is 0. The number of nitrogens with one attached hydrogen (secondary N) is 1. The van der Waals surface area contributed by atoms with Crippen molar-refractivity contribution in [2.75, 3.05) is 19.6 Å². The second-order valence-electron chi connectivity index (χ2n) is 6.28. The fourth-order valence-electron chi connectivity index (χ4n) is 3.92. The monoisotopic (exact) mass is 288 g/mol. The zero-order valence-corrected chi connectivity index (χ0v) is 14.0. The van der Waals surface area contributed by atoms with Gasteiger partial charge in [-0.1, -0.05) is 51.1 Å². The van der Waals surface area contributed by atoms with Gasteiger partial charge < -0.3 is 5.32 Å². The number of rotatable bonds is 7. The smallest absolute Gasteiger partial charge is 0.0255 e. The van der Waals surface area contributed by atoms with Gasteiger partial charge in [-0.2, -0.15) is 0 Å². The second kappa shape index (κ2) is 8.55. The van der Waals surface area contributed by atoms with Gasteiger partial charge in [-0.25, -0.2) is 0 Å². The first kappa shape index (κ1) is 16.5. The van der Waals surface area contributed by atoms with Crippen molar-refractivity contribution in [3.63, 3.8) is 0 Å². The van der Waals surface area contributed by atoms with Crippen molar-refractivity contribution in [1.82, 2.24) is 10.2 Å². The van der Waals surface area contributed by atoms with Crippen LogP contribution in [-0.2, 0) is 0 Å². The van der Waals surface area contributed by atoms with E-state index in [1.807, 2.05) is 0 Å². The molecule has 0 amide bonds. The molecule has 118 valence electrons. The lowest BCUT2D eigenvalue weighted by molar-refractivity contribution is 0.118. The Labute approximate surface area is 130 Å². The Morgan fingerprint density at radius 1 is 1.10 bits per heavy atom. The predicted octanol–water partition coefficient (Wildman–Crippen LogP) is 4.03. The molecule has 1 fully saturated rings. The minimum atomic E-state index is 0.668. The molecule has 1 aromatic rings. The summed E-state index contributed by atoms with van der Waals surface area (Å²) in [6, 6.07) is 12.5. The van der Waals surface area contributed by atoms with Gasteiger partial charge in [0.1, 0.15) is 0 Å². The first-order valence-corrected chi connectivity index (χ1v) is 8.82. The normalized spacial score (nSPS) is 26.2. The third-order valence-corrected chi connectivity index (χ3v) is 4.94. The van der Waals surface area contributed by atoms with Crippen LogP contribution in [-0.4, -0.2) is 36.6 Å². The molecule has 3 unspecified atom stereocenters. The molecule has 0 spiro atoms. The van der Waals surface area contributed by atoms with Gasteiger partial charge in [0.25, 0.3) is 0 Å². The fourth-order valence-corrected chi connectivity index (χ4v) is 3.92. The molecule has 2 nitrogen and oxygen atoms in total. The Kier molecular flexibility index (Phi) is 6.72. The van der Waals surface area contributed by atoms with Gasteiger partial charge in [-0.05, 0) is 56.8 Å². The first-order chi connectivity index (χ1) is 10.3. The van der Waals surface area contributed by atoms with Crippen LogP contribution < -0.4 is 5.32 Å². The van der Waals surface area contributed by atoms with E-state index >= 15 is 0 Å². The molecular weight excluding hydrogens is 256 g/mol. The highest BCUT2D eigenvalue weighted by molar-refractivity contribution is 5.21. The van der Waals surface area contributed by atoms with E-state index in [2.05, 4.69) is 61.3 Å². The van der Waals surface area contributed by atoms with Crippen molar-refractivity contribution in [2.24, 2.45) is 0 Å². The summed E-state index contributed by atoms with van der Waals surface area (Å²) in [6.45, 7) is 10.3. The van der Waals surface area contributed by atoms with Crippen molar-refractivity contribution >= 4 is 0 Å². The molecule has 1 aromatic carbocycles. The third-order valence-electron chi connectivity index (χ3n) is 4.94. The standard InChI is InChI=1S/C19H32N2/c1-4-14-21(6-3)19-15-17(12-13-18(19)20-5-2)16-10-8-7-9-11-16/h7-11,17-20H,4-6,12-15H2,1-3H3. The lowest BCUT2D eigenvalue weighted by atomic mass is 9.78. The fraction of sp³-hybridized carbons (Fsp3) is 0.684. The lowest BCUT2D eigenvalue weighted by Gasteiger charge is -2.43. The van der Waals surface area contributed by atoms with Gasteiger partial charge in [0.2, 0.25) is 0 Å². The van der Waals surface area contributed by atoms with E-state index in [-0.39, 0.29) is 0 Å². The topological polar surface area (TPSA) is 15.3 Å². The minimum absolute atomic E-state index is 0.668. The van der Waals surface area contributed by atoms with Gasteiger partial charge in [0.15, 0.2) is 0 Å². The van der Waals surface area contributed by atoms with E-state index < -0.39 is 0 Å². The van der Waals surface area contributed by atoms with Crippen LogP contribution in [0.1, 0.15) is 57.9 Å². The van der Waals surface area contributed by atoms with Crippen LogP contribution in [0.2, 0.25) is 0 Å². The summed E-state index contributed by atoms with van der Waals surface area (Å²) in [5, 5.41) is 3.74. The van der Waals surface area contributed by atoms with Gasteiger partial charge >= 0.3 is 0 Å². The third kappa shape index (κ3) is 4.31. The van der Waals surface area contributed by atoms with E-state index in [1.165, 1.54) is 44.3 Å². The molecule has 0 bridgehead atoms. The quantitative estimate of drug-likeness (QED) is 0.815. The molecular formula is C19H32N2. The Bertz CT molecular complexity index is 382. The highest BCUT2D eigenvalue weighted by Gasteiger charge is 2.33. The van der Waals surface area contributed by atoms with Crippen LogP contribution in [0.3, 0.4) is 0 Å². The minimum Gasteiger partial charge on any atom is -0.313 e. The van der Waals surface area contributed by atoms with E-state index in [0.29, 0.717) is 12.1 Å². The molecule has 21 heavy (non-hydrogen) atoms. The highest BCUT2D eigenvalue weighted by Crippen LogP contribution is 2.35. The molecule has 1 aliphatic rings. The van der Waals surface area contributed by atoms with Crippen LogP contribution in [0, 0.1) is 0 Å². The Morgan fingerprint density at radius 3 is 2.48 bits per heavy atom. The predicted molar refractivity (Wildman–Crippen MR) is 91.8 cm³/mol. The Balaban J connectivity index is 2.11. The van der Waals surface area contributed by atoms with E-state index in [0.717, 1.165) is 12.5 Å². The number of nitrogens with zero attached hydrogens (tertiary/aromatic N) is 1. The van der Waals surface area contributed by atoms with Crippen LogP contribution in [0.25, 0.3) is 0 Å². The Morgan fingerprint density at radius 2 is 1.86 bits per heavy atom. The first-order valence-electron chi connectivity index (χ1n) is 8.82. The molecule has 1 saturated carbocycles. The molecule has 0 heterocycles. The summed E-state index contributed by atoms with van der Waals surface area (Å²) < 4.78 is 0. The molecule has 1 N–H and O–H groups in total. The number of benzene rings is 1. The average molecular weight is 288 g/mol. The van der Waals surface area contributed by atoms with Crippen LogP contribution in [0.4, 0.5) is 0 Å². The van der Waals surface area contributed by atoms with Crippen LogP contribution in [0.15, 0.2) is 30.3 Å². The number of hydrogen-bond donors (Lipinski definition) is 1. The summed E-state index contributed by atoms with van der Waals surface area (Å²) in [5.41, 5.74) is 1.53. The van der Waals surface area contributed by atoms with Gasteiger partial charge in [0.05, 0.1) is 0 Å². The molecule has 0 radical (unpaired) electrons. The number of hydrogen-bond acceptors (Lipinski definition) is 2. The average Bonchev–Trinajstić information content (AvgIpc) is 2.54. The number of likely N-dealkylation sites (N-methyl/N-ethyl adjacent to an activating group) is 2. The molecule has 2 heteroatoms. The molecule has 0 aliphatic heterocycles. The molecule has 1 aliphatic carbocycles. The second-order valence-corrected chi connectivity index (χ2v) is 6.28. The summed E-state index contributed by atoms with van der Waals surface area (Å²) in [7, 11) is 0. The highest BCUT2D eigenvalue weighted by atomic mass is 15.2. The maximum Gasteiger partial charge on any atom is 0.0255 e. The van der Waals surface area contributed by atoms with Gasteiger partial charge in [0, 0.05) is 12.1 Å². The van der Waals surface area contributed by atoms with Crippen LogP contribution in [0.5, 0.6) is 0 Å². The lowest BCUT2D eigenvalue weighted by Crippen LogP contribution is -2.53.